The summed E-state index contributed by atoms with van der Waals surface area (Å²) in [6, 6.07) is 10.7. The molecule has 7 nitrogen and oxygen atoms in total. The summed E-state index contributed by atoms with van der Waals surface area (Å²) < 4.78 is 1.91. The molecular weight excluding hydrogens is 342 g/mol. The highest BCUT2D eigenvalue weighted by atomic mass is 16.3. The molecule has 1 atom stereocenters. The third kappa shape index (κ3) is 3.86. The Labute approximate surface area is 157 Å². The number of likely N-dealkylation sites (tertiary alicyclic amines) is 1. The largest absolute Gasteiger partial charge is 0.508 e. The zero-order chi connectivity index (χ0) is 18.6. The number of phenols is 1. The van der Waals surface area contributed by atoms with E-state index in [9.17, 15) is 9.90 Å². The summed E-state index contributed by atoms with van der Waals surface area (Å²) in [6.45, 7) is 1.58. The van der Waals surface area contributed by atoms with E-state index in [4.69, 9.17) is 0 Å². The molecule has 3 heterocycles. The summed E-state index contributed by atoms with van der Waals surface area (Å²) >= 11 is 0. The molecule has 140 valence electrons. The van der Waals surface area contributed by atoms with E-state index in [0.29, 0.717) is 11.4 Å². The van der Waals surface area contributed by atoms with Crippen molar-refractivity contribution in [3.05, 3.63) is 54.5 Å². The fourth-order valence-electron chi connectivity index (χ4n) is 3.65. The highest BCUT2D eigenvalue weighted by Crippen LogP contribution is 2.24. The number of phenolic OH excluding ortho intramolecular Hbond substituents is 1. The quantitative estimate of drug-likeness (QED) is 0.727. The third-order valence-electron chi connectivity index (χ3n) is 5.11. The standard InChI is InChI=1S/C20H23N5O2/c26-17-7-5-15(6-8-17)18-14-19(23-22-18)20(27)25-12-2-1-4-16(25)9-13-24-11-3-10-21-24/h3,5-8,10-11,14,16,26H,1-2,4,9,12-13H2,(H,22,23). The second-order valence-corrected chi connectivity index (χ2v) is 6.92. The number of nitrogens with one attached hydrogen (secondary N) is 1. The van der Waals surface area contributed by atoms with Gasteiger partial charge in [0.2, 0.25) is 0 Å². The predicted octanol–water partition coefficient (Wildman–Crippen LogP) is 3.06. The average molecular weight is 365 g/mol. The van der Waals surface area contributed by atoms with E-state index in [1.54, 1.807) is 36.5 Å². The summed E-state index contributed by atoms with van der Waals surface area (Å²) in [6.07, 6.45) is 7.82. The molecule has 1 aliphatic rings. The van der Waals surface area contributed by atoms with Gasteiger partial charge in [-0.15, -0.1) is 0 Å². The summed E-state index contributed by atoms with van der Waals surface area (Å²) in [5.41, 5.74) is 2.06. The number of carbonyl (C=O) groups excluding carboxylic acids is 1. The Morgan fingerprint density at radius 1 is 1.26 bits per heavy atom. The fraction of sp³-hybridized carbons (Fsp3) is 0.350. The van der Waals surface area contributed by atoms with Crippen molar-refractivity contribution in [3.63, 3.8) is 0 Å². The van der Waals surface area contributed by atoms with Crippen LogP contribution in [0, 0.1) is 0 Å². The average Bonchev–Trinajstić information content (AvgIpc) is 3.39. The number of aromatic nitrogens is 4. The molecule has 0 saturated carbocycles. The van der Waals surface area contributed by atoms with E-state index in [1.807, 2.05) is 21.8 Å². The van der Waals surface area contributed by atoms with Crippen molar-refractivity contribution in [3.8, 4) is 17.0 Å². The van der Waals surface area contributed by atoms with Crippen molar-refractivity contribution >= 4 is 5.91 Å². The van der Waals surface area contributed by atoms with Gasteiger partial charge in [-0.1, -0.05) is 0 Å². The van der Waals surface area contributed by atoms with E-state index in [0.717, 1.165) is 44.3 Å². The molecule has 7 heteroatoms. The highest BCUT2D eigenvalue weighted by Gasteiger charge is 2.28. The van der Waals surface area contributed by atoms with Crippen LogP contribution in [0.3, 0.4) is 0 Å². The number of nitrogens with zero attached hydrogens (tertiary/aromatic N) is 4. The Hall–Kier alpha value is -3.09. The molecule has 2 aromatic heterocycles. The lowest BCUT2D eigenvalue weighted by Crippen LogP contribution is -2.44. The molecular formula is C20H23N5O2. The van der Waals surface area contributed by atoms with Gasteiger partial charge in [0, 0.05) is 37.1 Å². The third-order valence-corrected chi connectivity index (χ3v) is 5.11. The van der Waals surface area contributed by atoms with Crippen LogP contribution >= 0.6 is 0 Å². The van der Waals surface area contributed by atoms with E-state index < -0.39 is 0 Å². The van der Waals surface area contributed by atoms with Gasteiger partial charge in [0.25, 0.3) is 5.91 Å². The van der Waals surface area contributed by atoms with Gasteiger partial charge in [-0.2, -0.15) is 10.2 Å². The number of amides is 1. The molecule has 1 unspecified atom stereocenters. The van der Waals surface area contributed by atoms with Gasteiger partial charge in [-0.25, -0.2) is 0 Å². The molecule has 1 aliphatic heterocycles. The number of H-pyrrole nitrogens is 1. The first-order valence-electron chi connectivity index (χ1n) is 9.34. The number of piperidine rings is 1. The molecule has 0 aliphatic carbocycles. The van der Waals surface area contributed by atoms with Crippen molar-refractivity contribution in [2.45, 2.75) is 38.3 Å². The van der Waals surface area contributed by atoms with Gasteiger partial charge in [-0.05, 0) is 62.1 Å². The Kier molecular flexibility index (Phi) is 4.91. The molecule has 1 saturated heterocycles. The van der Waals surface area contributed by atoms with Gasteiger partial charge >= 0.3 is 0 Å². The number of rotatable bonds is 5. The monoisotopic (exact) mass is 365 g/mol. The Balaban J connectivity index is 1.47. The zero-order valence-electron chi connectivity index (χ0n) is 15.1. The minimum atomic E-state index is -0.00214. The number of benzene rings is 1. The lowest BCUT2D eigenvalue weighted by Gasteiger charge is -2.35. The van der Waals surface area contributed by atoms with Crippen molar-refractivity contribution in [2.24, 2.45) is 0 Å². The van der Waals surface area contributed by atoms with Crippen LogP contribution in [0.25, 0.3) is 11.3 Å². The van der Waals surface area contributed by atoms with Crippen LogP contribution < -0.4 is 0 Å². The van der Waals surface area contributed by atoms with Gasteiger partial charge < -0.3 is 10.0 Å². The summed E-state index contributed by atoms with van der Waals surface area (Å²) in [5.74, 6) is 0.205. The highest BCUT2D eigenvalue weighted by molar-refractivity contribution is 5.93. The topological polar surface area (TPSA) is 87.0 Å². The van der Waals surface area contributed by atoms with E-state index in [-0.39, 0.29) is 17.7 Å². The Morgan fingerprint density at radius 2 is 2.11 bits per heavy atom. The molecule has 0 radical (unpaired) electrons. The lowest BCUT2D eigenvalue weighted by atomic mass is 9.98. The van der Waals surface area contributed by atoms with Gasteiger partial charge in [0.05, 0.1) is 5.69 Å². The number of aromatic amines is 1. The number of hydrogen-bond donors (Lipinski definition) is 2. The summed E-state index contributed by atoms with van der Waals surface area (Å²) in [7, 11) is 0. The first-order valence-corrected chi connectivity index (χ1v) is 9.34. The minimum Gasteiger partial charge on any atom is -0.508 e. The molecule has 1 amide bonds. The van der Waals surface area contributed by atoms with Gasteiger partial charge in [0.1, 0.15) is 11.4 Å². The zero-order valence-corrected chi connectivity index (χ0v) is 15.1. The van der Waals surface area contributed by atoms with E-state index in [2.05, 4.69) is 15.3 Å². The number of carbonyl (C=O) groups is 1. The first-order chi connectivity index (χ1) is 13.2. The number of aryl methyl sites for hydroxylation is 1. The van der Waals surface area contributed by atoms with Crippen molar-refractivity contribution in [1.29, 1.82) is 0 Å². The van der Waals surface area contributed by atoms with Crippen molar-refractivity contribution in [2.75, 3.05) is 6.54 Å². The second kappa shape index (κ2) is 7.65. The number of aromatic hydroxyl groups is 1. The maximum absolute atomic E-state index is 13.1. The fourth-order valence-corrected chi connectivity index (χ4v) is 3.65. The Bertz CT molecular complexity index is 886. The van der Waals surface area contributed by atoms with E-state index in [1.165, 1.54) is 0 Å². The van der Waals surface area contributed by atoms with Gasteiger partial charge in [0.15, 0.2) is 0 Å². The van der Waals surface area contributed by atoms with Crippen LogP contribution in [0.5, 0.6) is 5.75 Å². The number of hydrogen-bond acceptors (Lipinski definition) is 4. The molecule has 3 aromatic rings. The first kappa shape index (κ1) is 17.3. The van der Waals surface area contributed by atoms with Gasteiger partial charge in [-0.3, -0.25) is 14.6 Å². The maximum atomic E-state index is 13.1. The molecule has 27 heavy (non-hydrogen) atoms. The summed E-state index contributed by atoms with van der Waals surface area (Å²) in [5, 5.41) is 20.8. The van der Waals surface area contributed by atoms with Crippen LogP contribution in [0.4, 0.5) is 0 Å². The second-order valence-electron chi connectivity index (χ2n) is 6.92. The predicted molar refractivity (Wildman–Crippen MR) is 101 cm³/mol. The van der Waals surface area contributed by atoms with Crippen molar-refractivity contribution < 1.29 is 9.90 Å². The normalized spacial score (nSPS) is 17.2. The van der Waals surface area contributed by atoms with Crippen molar-refractivity contribution in [1.82, 2.24) is 24.9 Å². The lowest BCUT2D eigenvalue weighted by molar-refractivity contribution is 0.0588. The molecule has 4 rings (SSSR count). The molecule has 0 spiro atoms. The van der Waals surface area contributed by atoms with Crippen LogP contribution in [0.2, 0.25) is 0 Å². The van der Waals surface area contributed by atoms with E-state index >= 15 is 0 Å². The van der Waals surface area contributed by atoms with Crippen LogP contribution in [-0.2, 0) is 6.54 Å². The molecule has 0 bridgehead atoms. The minimum absolute atomic E-state index is 0.00214. The molecule has 1 fully saturated rings. The molecule has 2 N–H and O–H groups in total. The summed E-state index contributed by atoms with van der Waals surface area (Å²) in [4.78, 5) is 15.0. The van der Waals surface area contributed by atoms with Crippen LogP contribution in [0.15, 0.2) is 48.8 Å². The van der Waals surface area contributed by atoms with Crippen LogP contribution in [-0.4, -0.2) is 48.5 Å². The molecule has 1 aromatic carbocycles. The SMILES string of the molecule is O=C(c1cc(-c2ccc(O)cc2)n[nH]1)N1CCCCC1CCn1cccn1. The smallest absolute Gasteiger partial charge is 0.272 e. The Morgan fingerprint density at radius 3 is 2.89 bits per heavy atom. The van der Waals surface area contributed by atoms with Crippen LogP contribution in [0.1, 0.15) is 36.2 Å². The maximum Gasteiger partial charge on any atom is 0.272 e.